The van der Waals surface area contributed by atoms with Crippen LogP contribution in [0.5, 0.6) is 0 Å². The van der Waals surface area contributed by atoms with Gasteiger partial charge in [0.05, 0.1) is 11.6 Å². The first-order valence-corrected chi connectivity index (χ1v) is 8.76. The van der Waals surface area contributed by atoms with Gasteiger partial charge in [-0.3, -0.25) is 4.79 Å². The largest absolute Gasteiger partial charge is 0.350 e. The maximum Gasteiger partial charge on any atom is 0.242 e. The van der Waals surface area contributed by atoms with Crippen LogP contribution in [0.3, 0.4) is 0 Å². The van der Waals surface area contributed by atoms with Crippen molar-refractivity contribution in [3.8, 4) is 0 Å². The van der Waals surface area contributed by atoms with Crippen LogP contribution in [0.2, 0.25) is 5.02 Å². The molecule has 2 aliphatic rings. The Morgan fingerprint density at radius 3 is 2.70 bits per heavy atom. The first-order valence-electron chi connectivity index (χ1n) is 8.38. The lowest BCUT2D eigenvalue weighted by molar-refractivity contribution is -0.131. The summed E-state index contributed by atoms with van der Waals surface area (Å²) in [6.45, 7) is 2.40. The van der Waals surface area contributed by atoms with E-state index in [1.807, 2.05) is 18.0 Å². The van der Waals surface area contributed by atoms with Crippen LogP contribution in [-0.4, -0.2) is 66.5 Å². The quantitative estimate of drug-likeness (QED) is 0.845. The third-order valence-electron chi connectivity index (χ3n) is 5.12. The molecule has 1 aromatic heterocycles. The van der Waals surface area contributed by atoms with Crippen molar-refractivity contribution < 1.29 is 4.79 Å². The number of aromatic nitrogens is 1. The highest BCUT2D eigenvalue weighted by Crippen LogP contribution is 2.29. The van der Waals surface area contributed by atoms with Crippen molar-refractivity contribution in [3.63, 3.8) is 0 Å². The predicted molar refractivity (Wildman–Crippen MR) is 92.9 cm³/mol. The fourth-order valence-corrected chi connectivity index (χ4v) is 4.00. The van der Waals surface area contributed by atoms with Crippen LogP contribution in [-0.2, 0) is 4.79 Å². The van der Waals surface area contributed by atoms with Gasteiger partial charge in [-0.1, -0.05) is 11.6 Å². The first kappa shape index (κ1) is 16.5. The van der Waals surface area contributed by atoms with E-state index in [-0.39, 0.29) is 5.91 Å². The molecule has 23 heavy (non-hydrogen) atoms. The summed E-state index contributed by atoms with van der Waals surface area (Å²) in [7, 11) is 4.09. The number of carbonyl (C=O) groups is 1. The Morgan fingerprint density at radius 1 is 1.30 bits per heavy atom. The number of amides is 1. The number of nitrogens with zero attached hydrogens (tertiary/aromatic N) is 4. The minimum absolute atomic E-state index is 0.201. The van der Waals surface area contributed by atoms with Crippen molar-refractivity contribution in [2.75, 3.05) is 38.6 Å². The number of hydrogen-bond donors (Lipinski definition) is 0. The average molecular weight is 337 g/mol. The molecule has 1 aromatic rings. The zero-order valence-corrected chi connectivity index (χ0v) is 14.7. The molecule has 0 bridgehead atoms. The number of rotatable bonds is 4. The van der Waals surface area contributed by atoms with Gasteiger partial charge in [0, 0.05) is 31.9 Å². The van der Waals surface area contributed by atoms with E-state index in [0.717, 1.165) is 31.7 Å². The highest BCUT2D eigenvalue weighted by molar-refractivity contribution is 6.30. The average Bonchev–Trinajstić information content (AvgIpc) is 3.15. The van der Waals surface area contributed by atoms with E-state index in [2.05, 4.69) is 21.8 Å². The molecule has 3 heterocycles. The number of hydrogen-bond acceptors (Lipinski definition) is 4. The number of anilines is 1. The van der Waals surface area contributed by atoms with E-state index in [9.17, 15) is 4.79 Å². The van der Waals surface area contributed by atoms with Crippen LogP contribution in [0.25, 0.3) is 0 Å². The van der Waals surface area contributed by atoms with Crippen molar-refractivity contribution in [2.24, 2.45) is 0 Å². The van der Waals surface area contributed by atoms with Gasteiger partial charge in [0.15, 0.2) is 0 Å². The lowest BCUT2D eigenvalue weighted by Gasteiger charge is -2.34. The van der Waals surface area contributed by atoms with Gasteiger partial charge >= 0.3 is 0 Å². The van der Waals surface area contributed by atoms with Crippen molar-refractivity contribution in [1.29, 1.82) is 0 Å². The fraction of sp³-hybridized carbons (Fsp3) is 0.647. The van der Waals surface area contributed by atoms with Crippen LogP contribution in [0.1, 0.15) is 25.7 Å². The molecule has 0 saturated carbocycles. The van der Waals surface area contributed by atoms with Crippen LogP contribution >= 0.6 is 11.6 Å². The van der Waals surface area contributed by atoms with E-state index in [1.165, 1.54) is 12.8 Å². The minimum Gasteiger partial charge on any atom is -0.350 e. The van der Waals surface area contributed by atoms with Crippen molar-refractivity contribution in [3.05, 3.63) is 23.4 Å². The standard InChI is InChI=1S/C17H25ClN4O/c1-20-9-3-5-14(20)15-6-4-10-22(15)17(23)12-21(2)16-8-7-13(18)11-19-16/h7-8,11,14-15H,3-6,9-10,12H2,1-2H3/t14-,15+/m0/s1. The number of likely N-dealkylation sites (tertiary alicyclic amines) is 2. The summed E-state index contributed by atoms with van der Waals surface area (Å²) in [6.07, 6.45) is 6.31. The van der Waals surface area contributed by atoms with E-state index in [0.29, 0.717) is 23.7 Å². The maximum absolute atomic E-state index is 12.8. The van der Waals surface area contributed by atoms with Crippen molar-refractivity contribution in [1.82, 2.24) is 14.8 Å². The molecular formula is C17H25ClN4O. The van der Waals surface area contributed by atoms with Crippen molar-refractivity contribution in [2.45, 2.75) is 37.8 Å². The Bertz CT molecular complexity index is 550. The van der Waals surface area contributed by atoms with Crippen LogP contribution < -0.4 is 4.90 Å². The second-order valence-electron chi connectivity index (χ2n) is 6.68. The summed E-state index contributed by atoms with van der Waals surface area (Å²) in [5.74, 6) is 0.975. The third-order valence-corrected chi connectivity index (χ3v) is 5.34. The van der Waals surface area contributed by atoms with Crippen LogP contribution in [0.4, 0.5) is 5.82 Å². The summed E-state index contributed by atoms with van der Waals surface area (Å²) in [5, 5.41) is 0.609. The molecule has 3 rings (SSSR count). The summed E-state index contributed by atoms with van der Waals surface area (Å²) >= 11 is 5.87. The predicted octanol–water partition coefficient (Wildman–Crippen LogP) is 2.26. The van der Waals surface area contributed by atoms with Crippen LogP contribution in [0.15, 0.2) is 18.3 Å². The highest BCUT2D eigenvalue weighted by Gasteiger charge is 2.38. The lowest BCUT2D eigenvalue weighted by Crippen LogP contribution is -2.49. The highest BCUT2D eigenvalue weighted by atomic mass is 35.5. The lowest BCUT2D eigenvalue weighted by atomic mass is 10.0. The first-order chi connectivity index (χ1) is 11.1. The van der Waals surface area contributed by atoms with Gasteiger partial charge in [-0.2, -0.15) is 0 Å². The molecule has 0 spiro atoms. The monoisotopic (exact) mass is 336 g/mol. The number of likely N-dealkylation sites (N-methyl/N-ethyl adjacent to an activating group) is 2. The topological polar surface area (TPSA) is 39.7 Å². The second kappa shape index (κ2) is 7.05. The molecule has 2 aliphatic heterocycles. The molecule has 0 N–H and O–H groups in total. The Labute approximate surface area is 143 Å². The number of pyridine rings is 1. The van der Waals surface area contributed by atoms with Gasteiger partial charge in [-0.25, -0.2) is 4.98 Å². The zero-order chi connectivity index (χ0) is 16.4. The van der Waals surface area contributed by atoms with Crippen molar-refractivity contribution >= 4 is 23.3 Å². The molecule has 0 unspecified atom stereocenters. The van der Waals surface area contributed by atoms with Gasteiger partial charge in [0.2, 0.25) is 5.91 Å². The molecule has 126 valence electrons. The molecule has 1 amide bonds. The fourth-order valence-electron chi connectivity index (χ4n) is 3.89. The summed E-state index contributed by atoms with van der Waals surface area (Å²) < 4.78 is 0. The van der Waals surface area contributed by atoms with Gasteiger partial charge in [0.25, 0.3) is 0 Å². The van der Waals surface area contributed by atoms with E-state index in [1.54, 1.807) is 12.3 Å². The van der Waals surface area contributed by atoms with Gasteiger partial charge < -0.3 is 14.7 Å². The number of carbonyl (C=O) groups excluding carboxylic acids is 1. The molecule has 0 aromatic carbocycles. The smallest absolute Gasteiger partial charge is 0.242 e. The Morgan fingerprint density at radius 2 is 2.04 bits per heavy atom. The van der Waals surface area contributed by atoms with Gasteiger partial charge in [-0.05, 0) is 51.4 Å². The number of halogens is 1. The molecule has 6 heteroatoms. The Hall–Kier alpha value is -1.33. The maximum atomic E-state index is 12.8. The molecule has 2 saturated heterocycles. The van der Waals surface area contributed by atoms with Crippen LogP contribution in [0, 0.1) is 0 Å². The van der Waals surface area contributed by atoms with E-state index < -0.39 is 0 Å². The molecule has 0 aliphatic carbocycles. The van der Waals surface area contributed by atoms with E-state index in [4.69, 9.17) is 11.6 Å². The van der Waals surface area contributed by atoms with Gasteiger partial charge in [0.1, 0.15) is 5.82 Å². The molecular weight excluding hydrogens is 312 g/mol. The molecule has 5 nitrogen and oxygen atoms in total. The second-order valence-corrected chi connectivity index (χ2v) is 7.11. The molecule has 0 radical (unpaired) electrons. The minimum atomic E-state index is 0.201. The summed E-state index contributed by atoms with van der Waals surface area (Å²) in [4.78, 5) is 23.5. The molecule has 2 fully saturated rings. The third kappa shape index (κ3) is 3.61. The summed E-state index contributed by atoms with van der Waals surface area (Å²) in [6, 6.07) is 4.56. The normalized spacial score (nSPS) is 25.1. The SMILES string of the molecule is CN(CC(=O)N1CCC[C@@H]1[C@@H]1CCCN1C)c1ccc(Cl)cn1. The van der Waals surface area contributed by atoms with E-state index >= 15 is 0 Å². The zero-order valence-electron chi connectivity index (χ0n) is 13.9. The Kier molecular flexibility index (Phi) is 5.07. The van der Waals surface area contributed by atoms with Gasteiger partial charge in [-0.15, -0.1) is 0 Å². The Balaban J connectivity index is 1.63. The summed E-state index contributed by atoms with van der Waals surface area (Å²) in [5.41, 5.74) is 0. The molecule has 2 atom stereocenters.